The Hall–Kier alpha value is -7.46. The van der Waals surface area contributed by atoms with Crippen LogP contribution in [-0.2, 0) is 21.7 Å². The van der Waals surface area contributed by atoms with Gasteiger partial charge in [-0.2, -0.15) is 10.5 Å². The van der Waals surface area contributed by atoms with E-state index in [0.29, 0.717) is 11.1 Å². The number of benzene rings is 8. The van der Waals surface area contributed by atoms with Gasteiger partial charge in [0.05, 0.1) is 22.5 Å². The summed E-state index contributed by atoms with van der Waals surface area (Å²) < 4.78 is 0. The first-order valence-electron chi connectivity index (χ1n) is 22.7. The standard InChI is InChI=1S/C62H53N3/c1-40-51(38-63)52(39-64)58(65(47-32-30-46(31-33-47)59(2,3)4)55-27-19-18-26-48(55)43-24-16-11-17-25-43)57-56(40)60(5,6)62(61(57,7)8)53-36-44(41-20-12-9-13-21-41)28-34-49(53)50-35-29-45(37-54(50)62)42-22-14-10-15-23-42/h9-37H,1-8H3. The molecule has 0 heterocycles. The topological polar surface area (TPSA) is 50.8 Å². The number of rotatable bonds is 6. The highest BCUT2D eigenvalue weighted by Crippen LogP contribution is 2.73. The maximum atomic E-state index is 11.6. The van der Waals surface area contributed by atoms with Crippen LogP contribution in [0, 0.1) is 29.6 Å². The van der Waals surface area contributed by atoms with Crippen LogP contribution in [0.3, 0.4) is 0 Å². The van der Waals surface area contributed by atoms with Gasteiger partial charge in [-0.15, -0.1) is 0 Å². The molecule has 65 heavy (non-hydrogen) atoms. The first-order chi connectivity index (χ1) is 31.2. The summed E-state index contributed by atoms with van der Waals surface area (Å²) in [6.45, 7) is 18.4. The fraction of sp³-hybridized carbons (Fsp3) is 0.194. The SMILES string of the molecule is Cc1c(C#N)c(C#N)c(N(c2ccc(C(C)(C)C)cc2)c2ccccc2-c2ccccc2)c2c1C(C)(C)C1(c3cc(-c4ccccc4)ccc3-c3ccc(-c4ccccc4)cc31)C2(C)C. The number of para-hydroxylation sites is 1. The Morgan fingerprint density at radius 1 is 0.462 bits per heavy atom. The smallest absolute Gasteiger partial charge is 0.103 e. The van der Waals surface area contributed by atoms with E-state index >= 15 is 0 Å². The first kappa shape index (κ1) is 41.5. The van der Waals surface area contributed by atoms with Crippen LogP contribution in [0.2, 0.25) is 0 Å². The van der Waals surface area contributed by atoms with Crippen molar-refractivity contribution in [3.8, 4) is 56.6 Å². The van der Waals surface area contributed by atoms with Crippen LogP contribution in [0.25, 0.3) is 44.5 Å². The van der Waals surface area contributed by atoms with Gasteiger partial charge in [-0.3, -0.25) is 0 Å². The molecule has 0 aromatic heterocycles. The average molecular weight is 840 g/mol. The number of fused-ring (bicyclic) bond motifs is 6. The van der Waals surface area contributed by atoms with Crippen molar-refractivity contribution in [3.63, 3.8) is 0 Å². The van der Waals surface area contributed by atoms with Crippen molar-refractivity contribution in [1.82, 2.24) is 0 Å². The van der Waals surface area contributed by atoms with Crippen LogP contribution >= 0.6 is 0 Å². The Labute approximate surface area is 384 Å². The maximum absolute atomic E-state index is 11.6. The molecule has 0 fully saturated rings. The minimum atomic E-state index is -0.665. The van der Waals surface area contributed by atoms with Gasteiger partial charge in [-0.05, 0) is 115 Å². The molecular weight excluding hydrogens is 787 g/mol. The fourth-order valence-corrected chi connectivity index (χ4v) is 12.2. The molecule has 8 aromatic carbocycles. The number of anilines is 3. The number of nitrogens with zero attached hydrogens (tertiary/aromatic N) is 3. The maximum Gasteiger partial charge on any atom is 0.103 e. The van der Waals surface area contributed by atoms with Gasteiger partial charge in [0.1, 0.15) is 12.1 Å². The van der Waals surface area contributed by atoms with E-state index in [1.54, 1.807) is 0 Å². The zero-order valence-corrected chi connectivity index (χ0v) is 38.6. The highest BCUT2D eigenvalue weighted by molar-refractivity contribution is 5.96. The third-order valence-electron chi connectivity index (χ3n) is 14.9. The molecule has 0 saturated heterocycles. The lowest BCUT2D eigenvalue weighted by Crippen LogP contribution is -2.51. The molecule has 1 spiro atoms. The Balaban J connectivity index is 1.36. The summed E-state index contributed by atoms with van der Waals surface area (Å²) in [5, 5.41) is 23.0. The van der Waals surface area contributed by atoms with E-state index in [4.69, 9.17) is 0 Å². The van der Waals surface area contributed by atoms with Gasteiger partial charge in [0.2, 0.25) is 0 Å². The molecule has 3 heteroatoms. The lowest BCUT2D eigenvalue weighted by molar-refractivity contribution is 0.231. The number of nitriles is 2. The lowest BCUT2D eigenvalue weighted by Gasteiger charge is -2.50. The summed E-state index contributed by atoms with van der Waals surface area (Å²) in [7, 11) is 0. The van der Waals surface area contributed by atoms with Gasteiger partial charge >= 0.3 is 0 Å². The van der Waals surface area contributed by atoms with Gasteiger partial charge in [-0.1, -0.05) is 194 Å². The summed E-state index contributed by atoms with van der Waals surface area (Å²) in [5.74, 6) is 0. The lowest BCUT2D eigenvalue weighted by atomic mass is 9.52. The Morgan fingerprint density at radius 3 is 1.42 bits per heavy atom. The van der Waals surface area contributed by atoms with Crippen molar-refractivity contribution in [1.29, 1.82) is 10.5 Å². The van der Waals surface area contributed by atoms with Crippen molar-refractivity contribution in [2.75, 3.05) is 4.90 Å². The van der Waals surface area contributed by atoms with Crippen LogP contribution in [0.5, 0.6) is 0 Å². The molecule has 10 rings (SSSR count). The molecule has 0 atom stereocenters. The predicted molar refractivity (Wildman–Crippen MR) is 269 cm³/mol. The van der Waals surface area contributed by atoms with Crippen LogP contribution in [0.4, 0.5) is 17.1 Å². The van der Waals surface area contributed by atoms with E-state index < -0.39 is 16.2 Å². The molecule has 2 aliphatic rings. The molecule has 0 aliphatic heterocycles. The Bertz CT molecular complexity index is 3160. The normalized spacial score (nSPS) is 14.8. The molecular formula is C62H53N3. The van der Waals surface area contributed by atoms with Crippen molar-refractivity contribution in [2.24, 2.45) is 0 Å². The van der Waals surface area contributed by atoms with E-state index in [1.807, 2.05) is 6.07 Å². The van der Waals surface area contributed by atoms with Gasteiger partial charge in [-0.25, -0.2) is 0 Å². The van der Waals surface area contributed by atoms with Gasteiger partial charge in [0, 0.05) is 27.5 Å². The minimum absolute atomic E-state index is 0.0684. The minimum Gasteiger partial charge on any atom is -0.308 e. The molecule has 0 unspecified atom stereocenters. The third-order valence-corrected chi connectivity index (χ3v) is 14.9. The zero-order chi connectivity index (χ0) is 45.5. The highest BCUT2D eigenvalue weighted by Gasteiger charge is 2.69. The van der Waals surface area contributed by atoms with Crippen molar-refractivity contribution < 1.29 is 0 Å². The monoisotopic (exact) mass is 839 g/mol. The molecule has 8 aromatic rings. The summed E-state index contributed by atoms with van der Waals surface area (Å²) in [5.41, 5.74) is 17.4. The van der Waals surface area contributed by atoms with E-state index in [9.17, 15) is 10.5 Å². The van der Waals surface area contributed by atoms with Crippen LogP contribution in [0.15, 0.2) is 176 Å². The second-order valence-electron chi connectivity index (χ2n) is 20.0. The molecule has 2 aliphatic carbocycles. The van der Waals surface area contributed by atoms with Crippen LogP contribution < -0.4 is 4.90 Å². The number of hydrogen-bond donors (Lipinski definition) is 0. The summed E-state index contributed by atoms with van der Waals surface area (Å²) in [6.07, 6.45) is 0. The first-order valence-corrected chi connectivity index (χ1v) is 22.7. The van der Waals surface area contributed by atoms with Crippen LogP contribution in [-0.4, -0.2) is 0 Å². The van der Waals surface area contributed by atoms with E-state index in [1.165, 1.54) is 27.8 Å². The van der Waals surface area contributed by atoms with Gasteiger partial charge < -0.3 is 4.90 Å². The highest BCUT2D eigenvalue weighted by atomic mass is 15.2. The molecule has 0 saturated carbocycles. The third kappa shape index (κ3) is 5.99. The van der Waals surface area contributed by atoms with Crippen molar-refractivity contribution >= 4 is 17.1 Å². The Morgan fingerprint density at radius 2 is 0.923 bits per heavy atom. The molecule has 0 bridgehead atoms. The molecule has 3 nitrogen and oxygen atoms in total. The number of hydrogen-bond acceptors (Lipinski definition) is 3. The van der Waals surface area contributed by atoms with E-state index in [0.717, 1.165) is 67.1 Å². The molecule has 0 amide bonds. The van der Waals surface area contributed by atoms with Crippen LogP contribution in [0.1, 0.15) is 93.0 Å². The predicted octanol–water partition coefficient (Wildman–Crippen LogP) is 16.0. The van der Waals surface area contributed by atoms with E-state index in [-0.39, 0.29) is 5.41 Å². The van der Waals surface area contributed by atoms with E-state index in [2.05, 4.69) is 242 Å². The van der Waals surface area contributed by atoms with Gasteiger partial charge in [0.15, 0.2) is 0 Å². The second-order valence-corrected chi connectivity index (χ2v) is 20.0. The van der Waals surface area contributed by atoms with Crippen molar-refractivity contribution in [3.05, 3.63) is 220 Å². The largest absolute Gasteiger partial charge is 0.308 e. The summed E-state index contributed by atoms with van der Waals surface area (Å²) in [6, 6.07) is 68.5. The quantitative estimate of drug-likeness (QED) is 0.168. The molecule has 316 valence electrons. The summed E-state index contributed by atoms with van der Waals surface area (Å²) in [4.78, 5) is 2.31. The fourth-order valence-electron chi connectivity index (χ4n) is 12.2. The second kappa shape index (κ2) is 15.1. The zero-order valence-electron chi connectivity index (χ0n) is 38.6. The molecule has 0 N–H and O–H groups in total. The van der Waals surface area contributed by atoms with Crippen molar-refractivity contribution in [2.45, 2.75) is 77.0 Å². The van der Waals surface area contributed by atoms with Gasteiger partial charge in [0.25, 0.3) is 0 Å². The Kier molecular flexibility index (Phi) is 9.64. The summed E-state index contributed by atoms with van der Waals surface area (Å²) >= 11 is 0. The molecule has 0 radical (unpaired) electrons. The average Bonchev–Trinajstić information content (AvgIpc) is 3.70.